The van der Waals surface area contributed by atoms with Crippen molar-refractivity contribution in [2.24, 2.45) is 11.7 Å². The number of hydrogen-bond donors (Lipinski definition) is 2. The lowest BCUT2D eigenvalue weighted by Crippen LogP contribution is -2.28. The molecular weight excluding hydrogens is 292 g/mol. The van der Waals surface area contributed by atoms with Gasteiger partial charge >= 0.3 is 0 Å². The van der Waals surface area contributed by atoms with Crippen molar-refractivity contribution in [3.8, 4) is 0 Å². The van der Waals surface area contributed by atoms with E-state index in [2.05, 4.69) is 4.72 Å². The minimum absolute atomic E-state index is 0.0336. The largest absolute Gasteiger partial charge is 0.389 e. The third kappa shape index (κ3) is 4.54. The fraction of sp³-hybridized carbons (Fsp3) is 0.500. The zero-order valence-electron chi connectivity index (χ0n) is 11.3. The van der Waals surface area contributed by atoms with E-state index in [1.165, 1.54) is 19.3 Å². The maximum atomic E-state index is 12.0. The Morgan fingerprint density at radius 2 is 2.15 bits per heavy atom. The summed E-state index contributed by atoms with van der Waals surface area (Å²) >= 11 is 4.89. The Bertz CT molecular complexity index is 581. The first-order valence-corrected chi connectivity index (χ1v) is 8.88. The summed E-state index contributed by atoms with van der Waals surface area (Å²) in [6.45, 7) is 0.530. The predicted octanol–water partition coefficient (Wildman–Crippen LogP) is 1.93. The van der Waals surface area contributed by atoms with Gasteiger partial charge in [0.05, 0.1) is 5.75 Å². The zero-order chi connectivity index (χ0) is 14.6. The molecule has 0 aliphatic heterocycles. The van der Waals surface area contributed by atoms with Crippen LogP contribution in [-0.2, 0) is 15.8 Å². The first kappa shape index (κ1) is 15.4. The van der Waals surface area contributed by atoms with E-state index in [4.69, 9.17) is 18.0 Å². The maximum absolute atomic E-state index is 12.0. The van der Waals surface area contributed by atoms with Gasteiger partial charge in [0.15, 0.2) is 0 Å². The molecule has 1 saturated carbocycles. The Morgan fingerprint density at radius 1 is 1.40 bits per heavy atom. The van der Waals surface area contributed by atoms with Crippen LogP contribution >= 0.6 is 12.2 Å². The number of benzene rings is 1. The topological polar surface area (TPSA) is 72.2 Å². The van der Waals surface area contributed by atoms with Crippen LogP contribution in [0.3, 0.4) is 0 Å². The van der Waals surface area contributed by atoms with Gasteiger partial charge in [-0.3, -0.25) is 0 Å². The third-order valence-electron chi connectivity index (χ3n) is 3.67. The Morgan fingerprint density at radius 3 is 2.75 bits per heavy atom. The van der Waals surface area contributed by atoms with Gasteiger partial charge in [0.1, 0.15) is 4.99 Å². The predicted molar refractivity (Wildman–Crippen MR) is 84.9 cm³/mol. The third-order valence-corrected chi connectivity index (χ3v) is 5.26. The molecule has 6 heteroatoms. The van der Waals surface area contributed by atoms with Crippen LogP contribution in [-0.4, -0.2) is 20.0 Å². The Kier molecular flexibility index (Phi) is 5.12. The van der Waals surface area contributed by atoms with Crippen LogP contribution in [0.15, 0.2) is 24.3 Å². The molecule has 0 heterocycles. The lowest BCUT2D eigenvalue weighted by Gasteiger charge is -2.25. The quantitative estimate of drug-likeness (QED) is 0.755. The van der Waals surface area contributed by atoms with Crippen LogP contribution in [0.1, 0.15) is 36.8 Å². The number of hydrogen-bond acceptors (Lipinski definition) is 3. The molecule has 0 amide bonds. The fourth-order valence-corrected chi connectivity index (χ4v) is 3.56. The molecule has 0 atom stereocenters. The van der Waals surface area contributed by atoms with Crippen molar-refractivity contribution in [1.82, 2.24) is 4.72 Å². The van der Waals surface area contributed by atoms with Gasteiger partial charge in [0.2, 0.25) is 10.0 Å². The summed E-state index contributed by atoms with van der Waals surface area (Å²) < 4.78 is 26.7. The summed E-state index contributed by atoms with van der Waals surface area (Å²) in [5.74, 6) is 0.671. The van der Waals surface area contributed by atoms with Crippen LogP contribution in [0.25, 0.3) is 0 Å². The lowest BCUT2D eigenvalue weighted by atomic mass is 9.83. The van der Waals surface area contributed by atoms with Gasteiger partial charge in [-0.15, -0.1) is 0 Å². The Hall–Kier alpha value is -0.980. The molecule has 0 unspecified atom stereocenters. The first-order chi connectivity index (χ1) is 9.46. The number of nitrogens with two attached hydrogens (primary N) is 1. The second-order valence-corrected chi connectivity index (χ2v) is 7.55. The smallest absolute Gasteiger partial charge is 0.215 e. The summed E-state index contributed by atoms with van der Waals surface area (Å²) in [6, 6.07) is 7.05. The second kappa shape index (κ2) is 6.65. The van der Waals surface area contributed by atoms with Crippen molar-refractivity contribution in [3.05, 3.63) is 35.4 Å². The van der Waals surface area contributed by atoms with E-state index in [0.29, 0.717) is 23.6 Å². The summed E-state index contributed by atoms with van der Waals surface area (Å²) in [4.78, 5) is 0.280. The molecule has 0 radical (unpaired) electrons. The molecule has 0 spiro atoms. The molecule has 1 aromatic carbocycles. The average Bonchev–Trinajstić information content (AvgIpc) is 2.32. The standard InChI is InChI=1S/C14H20N2O2S2/c15-14(19)13-6-2-5-12(9-13)10-20(17,18)16-8-7-11-3-1-4-11/h2,5-6,9,11,16H,1,3-4,7-8,10H2,(H2,15,19). The van der Waals surface area contributed by atoms with E-state index in [1.807, 2.05) is 0 Å². The van der Waals surface area contributed by atoms with Gasteiger partial charge in [0.25, 0.3) is 0 Å². The SMILES string of the molecule is NC(=S)c1cccc(CS(=O)(=O)NCCC2CCC2)c1. The van der Waals surface area contributed by atoms with Gasteiger partial charge in [0, 0.05) is 12.1 Å². The van der Waals surface area contributed by atoms with E-state index in [1.54, 1.807) is 24.3 Å². The Labute approximate surface area is 125 Å². The molecule has 2 rings (SSSR count). The van der Waals surface area contributed by atoms with Gasteiger partial charge < -0.3 is 5.73 Å². The maximum Gasteiger partial charge on any atom is 0.215 e. The van der Waals surface area contributed by atoms with Crippen molar-refractivity contribution < 1.29 is 8.42 Å². The van der Waals surface area contributed by atoms with Crippen molar-refractivity contribution in [1.29, 1.82) is 0 Å². The summed E-state index contributed by atoms with van der Waals surface area (Å²) in [7, 11) is -3.29. The van der Waals surface area contributed by atoms with Crippen molar-refractivity contribution >= 4 is 27.2 Å². The van der Waals surface area contributed by atoms with E-state index < -0.39 is 10.0 Å². The number of nitrogens with one attached hydrogen (secondary N) is 1. The summed E-state index contributed by atoms with van der Waals surface area (Å²) in [5, 5.41) is 0. The normalized spacial score (nSPS) is 15.8. The van der Waals surface area contributed by atoms with Crippen LogP contribution in [0.5, 0.6) is 0 Å². The number of sulfonamides is 1. The van der Waals surface area contributed by atoms with E-state index in [9.17, 15) is 8.42 Å². The van der Waals surface area contributed by atoms with Gasteiger partial charge in [-0.1, -0.05) is 49.7 Å². The minimum Gasteiger partial charge on any atom is -0.389 e. The molecule has 1 aliphatic carbocycles. The molecule has 0 saturated heterocycles. The van der Waals surface area contributed by atoms with Crippen molar-refractivity contribution in [2.45, 2.75) is 31.4 Å². The monoisotopic (exact) mass is 312 g/mol. The van der Waals surface area contributed by atoms with Gasteiger partial charge in [-0.05, 0) is 24.0 Å². The molecule has 20 heavy (non-hydrogen) atoms. The van der Waals surface area contributed by atoms with Crippen LogP contribution < -0.4 is 10.5 Å². The summed E-state index contributed by atoms with van der Waals surface area (Å²) in [6.07, 6.45) is 4.69. The summed E-state index contributed by atoms with van der Waals surface area (Å²) in [5.41, 5.74) is 6.94. The van der Waals surface area contributed by atoms with Crippen LogP contribution in [0, 0.1) is 5.92 Å². The molecule has 0 bridgehead atoms. The van der Waals surface area contributed by atoms with Crippen molar-refractivity contribution in [2.75, 3.05) is 6.54 Å². The molecule has 3 N–H and O–H groups in total. The molecule has 4 nitrogen and oxygen atoms in total. The van der Waals surface area contributed by atoms with Gasteiger partial charge in [-0.2, -0.15) is 0 Å². The van der Waals surface area contributed by atoms with E-state index in [-0.39, 0.29) is 10.7 Å². The van der Waals surface area contributed by atoms with Gasteiger partial charge in [-0.25, -0.2) is 13.1 Å². The zero-order valence-corrected chi connectivity index (χ0v) is 13.0. The number of rotatable bonds is 7. The van der Waals surface area contributed by atoms with E-state index in [0.717, 1.165) is 6.42 Å². The molecular formula is C14H20N2O2S2. The molecule has 1 fully saturated rings. The highest BCUT2D eigenvalue weighted by molar-refractivity contribution is 7.88. The van der Waals surface area contributed by atoms with Crippen molar-refractivity contribution in [3.63, 3.8) is 0 Å². The van der Waals surface area contributed by atoms with Crippen LogP contribution in [0.4, 0.5) is 0 Å². The molecule has 0 aromatic heterocycles. The molecule has 110 valence electrons. The molecule has 1 aliphatic rings. The average molecular weight is 312 g/mol. The highest BCUT2D eigenvalue weighted by atomic mass is 32.2. The highest BCUT2D eigenvalue weighted by Crippen LogP contribution is 2.28. The van der Waals surface area contributed by atoms with E-state index >= 15 is 0 Å². The van der Waals surface area contributed by atoms with Crippen LogP contribution in [0.2, 0.25) is 0 Å². The Balaban J connectivity index is 1.89. The lowest BCUT2D eigenvalue weighted by molar-refractivity contribution is 0.297. The second-order valence-electron chi connectivity index (χ2n) is 5.30. The highest BCUT2D eigenvalue weighted by Gasteiger charge is 2.18. The number of thiocarbonyl (C=S) groups is 1. The first-order valence-electron chi connectivity index (χ1n) is 6.82. The molecule has 1 aromatic rings. The minimum atomic E-state index is -3.29. The fourth-order valence-electron chi connectivity index (χ4n) is 2.28.